The molecule has 1 N–H and O–H groups in total. The summed E-state index contributed by atoms with van der Waals surface area (Å²) in [6.45, 7) is 8.64. The number of carbonyl (C=O) groups is 1. The molecule has 0 aromatic rings. The average molecular weight is 238 g/mol. The van der Waals surface area contributed by atoms with Gasteiger partial charge in [-0.15, -0.1) is 6.58 Å². The Balaban J connectivity index is 1.86. The van der Waals surface area contributed by atoms with Gasteiger partial charge in [0.1, 0.15) is 0 Å². The fourth-order valence-electron chi connectivity index (χ4n) is 3.00. The maximum absolute atomic E-state index is 10.9. The molecule has 0 aromatic heterocycles. The quantitative estimate of drug-likeness (QED) is 0.743. The van der Waals surface area contributed by atoms with Crippen molar-refractivity contribution < 1.29 is 9.90 Å². The van der Waals surface area contributed by atoms with Crippen LogP contribution in [0, 0.1) is 5.92 Å². The molecule has 96 valence electrons. The molecule has 2 heterocycles. The molecule has 2 unspecified atom stereocenters. The number of carboxylic acid groups (broad SMARTS) is 1. The van der Waals surface area contributed by atoms with E-state index in [9.17, 15) is 4.79 Å². The minimum atomic E-state index is -0.633. The highest BCUT2D eigenvalue weighted by Gasteiger charge is 2.33. The number of nitrogens with zero attached hydrogens (tertiary/aromatic N) is 2. The van der Waals surface area contributed by atoms with Gasteiger partial charge in [0, 0.05) is 25.7 Å². The van der Waals surface area contributed by atoms with Gasteiger partial charge in [0.25, 0.3) is 0 Å². The lowest BCUT2D eigenvalue weighted by Crippen LogP contribution is -2.47. The Morgan fingerprint density at radius 2 is 2.18 bits per heavy atom. The Morgan fingerprint density at radius 1 is 1.35 bits per heavy atom. The zero-order valence-electron chi connectivity index (χ0n) is 10.3. The number of likely N-dealkylation sites (tertiary alicyclic amines) is 2. The van der Waals surface area contributed by atoms with E-state index in [1.165, 1.54) is 12.8 Å². The van der Waals surface area contributed by atoms with Crippen LogP contribution in [0.4, 0.5) is 0 Å². The van der Waals surface area contributed by atoms with Gasteiger partial charge in [-0.25, -0.2) is 0 Å². The third-order valence-corrected chi connectivity index (χ3v) is 3.95. The summed E-state index contributed by atoms with van der Waals surface area (Å²) in [4.78, 5) is 15.7. The summed E-state index contributed by atoms with van der Waals surface area (Å²) in [6, 6.07) is 0.549. The molecular formula is C13H22N2O2. The van der Waals surface area contributed by atoms with E-state index in [1.54, 1.807) is 0 Å². The summed E-state index contributed by atoms with van der Waals surface area (Å²) in [5.41, 5.74) is 0. The van der Waals surface area contributed by atoms with E-state index in [0.29, 0.717) is 6.04 Å². The summed E-state index contributed by atoms with van der Waals surface area (Å²) in [7, 11) is 0. The largest absolute Gasteiger partial charge is 0.481 e. The second-order valence-electron chi connectivity index (χ2n) is 5.16. The number of piperidine rings is 1. The molecule has 0 aliphatic carbocycles. The number of hydrogen-bond donors (Lipinski definition) is 1. The third kappa shape index (κ3) is 3.07. The molecule has 0 spiro atoms. The molecule has 2 fully saturated rings. The molecule has 0 saturated carbocycles. The molecule has 2 atom stereocenters. The molecule has 2 aliphatic heterocycles. The highest BCUT2D eigenvalue weighted by Crippen LogP contribution is 2.23. The van der Waals surface area contributed by atoms with Crippen LogP contribution in [0.15, 0.2) is 12.7 Å². The highest BCUT2D eigenvalue weighted by molar-refractivity contribution is 5.70. The molecule has 0 aromatic carbocycles. The number of rotatable bonds is 4. The number of carboxylic acids is 1. The summed E-state index contributed by atoms with van der Waals surface area (Å²) >= 11 is 0. The second-order valence-corrected chi connectivity index (χ2v) is 5.16. The summed E-state index contributed by atoms with van der Waals surface area (Å²) < 4.78 is 0. The van der Waals surface area contributed by atoms with Crippen molar-refractivity contribution in [1.29, 1.82) is 0 Å². The number of aliphatic carboxylic acids is 1. The van der Waals surface area contributed by atoms with Crippen molar-refractivity contribution in [3.63, 3.8) is 0 Å². The molecular weight excluding hydrogens is 216 g/mol. The van der Waals surface area contributed by atoms with E-state index in [-0.39, 0.29) is 5.92 Å². The Hall–Kier alpha value is -0.870. The van der Waals surface area contributed by atoms with Gasteiger partial charge < -0.3 is 5.11 Å². The summed E-state index contributed by atoms with van der Waals surface area (Å²) in [6.07, 6.45) is 5.19. The van der Waals surface area contributed by atoms with Crippen LogP contribution >= 0.6 is 0 Å². The standard InChI is InChI=1S/C13H22N2O2/c1-2-6-14-7-3-4-12(10-14)15-8-5-11(9-15)13(16)17/h2,11-12H,1,3-10H2,(H,16,17). The lowest BCUT2D eigenvalue weighted by Gasteiger charge is -2.37. The lowest BCUT2D eigenvalue weighted by molar-refractivity contribution is -0.141. The number of hydrogen-bond acceptors (Lipinski definition) is 3. The molecule has 0 bridgehead atoms. The fourth-order valence-corrected chi connectivity index (χ4v) is 3.00. The van der Waals surface area contributed by atoms with Crippen LogP contribution in [0.3, 0.4) is 0 Å². The Bertz CT molecular complexity index is 293. The fraction of sp³-hybridized carbons (Fsp3) is 0.769. The molecule has 2 saturated heterocycles. The average Bonchev–Trinajstić information content (AvgIpc) is 2.79. The monoisotopic (exact) mass is 238 g/mol. The Morgan fingerprint density at radius 3 is 2.82 bits per heavy atom. The Labute approximate surface area is 103 Å². The van der Waals surface area contributed by atoms with E-state index >= 15 is 0 Å². The molecule has 4 nitrogen and oxygen atoms in total. The van der Waals surface area contributed by atoms with E-state index in [4.69, 9.17) is 5.11 Å². The Kier molecular flexibility index (Phi) is 4.18. The molecule has 2 rings (SSSR count). The summed E-state index contributed by atoms with van der Waals surface area (Å²) in [5.74, 6) is -0.781. The van der Waals surface area contributed by atoms with Gasteiger partial charge >= 0.3 is 5.97 Å². The normalized spacial score (nSPS) is 31.5. The zero-order valence-corrected chi connectivity index (χ0v) is 10.3. The van der Waals surface area contributed by atoms with Crippen molar-refractivity contribution >= 4 is 5.97 Å². The minimum absolute atomic E-state index is 0.148. The van der Waals surface area contributed by atoms with Crippen molar-refractivity contribution in [3.8, 4) is 0 Å². The van der Waals surface area contributed by atoms with E-state index in [2.05, 4.69) is 16.4 Å². The molecule has 17 heavy (non-hydrogen) atoms. The predicted molar refractivity (Wildman–Crippen MR) is 67.0 cm³/mol. The first kappa shape index (κ1) is 12.6. The van der Waals surface area contributed by atoms with Crippen LogP contribution in [0.1, 0.15) is 19.3 Å². The maximum Gasteiger partial charge on any atom is 0.307 e. The first-order valence-electron chi connectivity index (χ1n) is 6.51. The van der Waals surface area contributed by atoms with Crippen LogP contribution < -0.4 is 0 Å². The molecule has 4 heteroatoms. The lowest BCUT2D eigenvalue weighted by atomic mass is 10.0. The van der Waals surface area contributed by atoms with Crippen LogP contribution in [0.25, 0.3) is 0 Å². The van der Waals surface area contributed by atoms with Gasteiger partial charge in [-0.1, -0.05) is 6.08 Å². The van der Waals surface area contributed by atoms with Gasteiger partial charge in [-0.05, 0) is 32.4 Å². The van der Waals surface area contributed by atoms with Crippen molar-refractivity contribution in [2.75, 3.05) is 32.7 Å². The highest BCUT2D eigenvalue weighted by atomic mass is 16.4. The smallest absolute Gasteiger partial charge is 0.307 e. The SMILES string of the molecule is C=CCN1CCCC(N2CCC(C(=O)O)C2)C1. The van der Waals surface area contributed by atoms with E-state index in [0.717, 1.165) is 39.1 Å². The third-order valence-electron chi connectivity index (χ3n) is 3.95. The van der Waals surface area contributed by atoms with Gasteiger partial charge in [0.05, 0.1) is 5.92 Å². The van der Waals surface area contributed by atoms with E-state index in [1.807, 2.05) is 6.08 Å². The van der Waals surface area contributed by atoms with Gasteiger partial charge in [0.15, 0.2) is 0 Å². The van der Waals surface area contributed by atoms with Gasteiger partial charge in [-0.3, -0.25) is 14.6 Å². The predicted octanol–water partition coefficient (Wildman–Crippen LogP) is 1.04. The van der Waals surface area contributed by atoms with Crippen LogP contribution in [0.5, 0.6) is 0 Å². The van der Waals surface area contributed by atoms with Crippen LogP contribution in [0.2, 0.25) is 0 Å². The maximum atomic E-state index is 10.9. The van der Waals surface area contributed by atoms with Crippen molar-refractivity contribution in [2.24, 2.45) is 5.92 Å². The van der Waals surface area contributed by atoms with Crippen molar-refractivity contribution in [1.82, 2.24) is 9.80 Å². The van der Waals surface area contributed by atoms with Gasteiger partial charge in [-0.2, -0.15) is 0 Å². The molecule has 0 radical (unpaired) electrons. The first-order valence-corrected chi connectivity index (χ1v) is 6.51. The zero-order chi connectivity index (χ0) is 12.3. The minimum Gasteiger partial charge on any atom is -0.481 e. The van der Waals surface area contributed by atoms with E-state index < -0.39 is 5.97 Å². The molecule has 0 amide bonds. The van der Waals surface area contributed by atoms with Crippen LogP contribution in [-0.4, -0.2) is 59.6 Å². The first-order chi connectivity index (χ1) is 8.20. The second kappa shape index (κ2) is 5.65. The van der Waals surface area contributed by atoms with Crippen molar-refractivity contribution in [2.45, 2.75) is 25.3 Å². The summed E-state index contributed by atoms with van der Waals surface area (Å²) in [5, 5.41) is 9.02. The van der Waals surface area contributed by atoms with Crippen molar-refractivity contribution in [3.05, 3.63) is 12.7 Å². The topological polar surface area (TPSA) is 43.8 Å². The van der Waals surface area contributed by atoms with Crippen LogP contribution in [-0.2, 0) is 4.79 Å². The van der Waals surface area contributed by atoms with Gasteiger partial charge in [0.2, 0.25) is 0 Å². The molecule has 2 aliphatic rings.